The maximum Gasteiger partial charge on any atom is 0.254 e. The van der Waals surface area contributed by atoms with Crippen molar-refractivity contribution in [3.63, 3.8) is 0 Å². The van der Waals surface area contributed by atoms with Crippen LogP contribution in [0.15, 0.2) is 30.6 Å². The monoisotopic (exact) mass is 381 g/mol. The van der Waals surface area contributed by atoms with Gasteiger partial charge in [0.25, 0.3) is 5.91 Å². The van der Waals surface area contributed by atoms with Gasteiger partial charge in [0.05, 0.1) is 28.2 Å². The first-order valence-corrected chi connectivity index (χ1v) is 10.3. The van der Waals surface area contributed by atoms with Crippen LogP contribution in [0.1, 0.15) is 51.4 Å². The Morgan fingerprint density at radius 2 is 2.19 bits per heavy atom. The van der Waals surface area contributed by atoms with Gasteiger partial charge in [-0.2, -0.15) is 5.10 Å². The third kappa shape index (κ3) is 3.78. The first-order valence-electron chi connectivity index (χ1n) is 9.50. The van der Waals surface area contributed by atoms with Crippen LogP contribution in [0.5, 0.6) is 0 Å². The Hall–Kier alpha value is -2.54. The molecule has 0 radical (unpaired) electrons. The van der Waals surface area contributed by atoms with Crippen LogP contribution in [0.25, 0.3) is 5.82 Å². The number of thiazole rings is 1. The van der Waals surface area contributed by atoms with Crippen molar-refractivity contribution in [2.45, 2.75) is 45.4 Å². The number of hydrogen-bond acceptors (Lipinski definition) is 5. The topological polar surface area (TPSA) is 72.7 Å². The van der Waals surface area contributed by atoms with Crippen molar-refractivity contribution in [1.82, 2.24) is 25.1 Å². The van der Waals surface area contributed by atoms with E-state index in [2.05, 4.69) is 15.4 Å². The molecule has 0 bridgehead atoms. The second-order valence-corrected chi connectivity index (χ2v) is 7.82. The van der Waals surface area contributed by atoms with Gasteiger partial charge >= 0.3 is 0 Å². The summed E-state index contributed by atoms with van der Waals surface area (Å²) in [7, 11) is 0. The standard InChI is InChI=1S/C20H23N5OS/c1-2-16-14(13-23-25(16)18-9-5-6-11-21-18)20(26)22-12-10-19-24-15-7-3-4-8-17(15)27-19/h5-6,9,11,13H,2-4,7-8,10,12H2,1H3,(H,22,26). The Balaban J connectivity index is 1.41. The molecule has 3 aromatic heterocycles. The number of nitrogens with one attached hydrogen (secondary N) is 1. The van der Waals surface area contributed by atoms with E-state index in [4.69, 9.17) is 4.98 Å². The van der Waals surface area contributed by atoms with E-state index in [0.717, 1.165) is 35.8 Å². The second kappa shape index (κ2) is 8.00. The molecule has 1 amide bonds. The average molecular weight is 382 g/mol. The third-order valence-electron chi connectivity index (χ3n) is 4.83. The van der Waals surface area contributed by atoms with Gasteiger partial charge < -0.3 is 5.32 Å². The minimum Gasteiger partial charge on any atom is -0.352 e. The number of fused-ring (bicyclic) bond motifs is 1. The number of rotatable bonds is 6. The number of amides is 1. The normalized spacial score (nSPS) is 13.4. The van der Waals surface area contributed by atoms with Crippen molar-refractivity contribution in [3.05, 3.63) is 57.4 Å². The summed E-state index contributed by atoms with van der Waals surface area (Å²) in [4.78, 5) is 23.2. The van der Waals surface area contributed by atoms with Gasteiger partial charge in [-0.25, -0.2) is 14.6 Å². The molecule has 1 N–H and O–H groups in total. The van der Waals surface area contributed by atoms with E-state index >= 15 is 0 Å². The van der Waals surface area contributed by atoms with Crippen LogP contribution in [0.4, 0.5) is 0 Å². The Bertz CT molecular complexity index is 908. The molecule has 0 atom stereocenters. The molecule has 4 rings (SSSR count). The maximum absolute atomic E-state index is 12.7. The van der Waals surface area contributed by atoms with E-state index < -0.39 is 0 Å². The molecule has 27 heavy (non-hydrogen) atoms. The highest BCUT2D eigenvalue weighted by Crippen LogP contribution is 2.26. The van der Waals surface area contributed by atoms with Crippen LogP contribution < -0.4 is 5.32 Å². The maximum atomic E-state index is 12.7. The number of hydrogen-bond donors (Lipinski definition) is 1. The Labute approximate surface area is 162 Å². The van der Waals surface area contributed by atoms with Gasteiger partial charge in [0.2, 0.25) is 0 Å². The zero-order valence-corrected chi connectivity index (χ0v) is 16.3. The van der Waals surface area contributed by atoms with Gasteiger partial charge in [-0.05, 0) is 44.2 Å². The summed E-state index contributed by atoms with van der Waals surface area (Å²) < 4.78 is 1.74. The largest absolute Gasteiger partial charge is 0.352 e. The highest BCUT2D eigenvalue weighted by Gasteiger charge is 2.18. The quantitative estimate of drug-likeness (QED) is 0.712. The lowest BCUT2D eigenvalue weighted by Crippen LogP contribution is -2.26. The molecule has 0 fully saturated rings. The van der Waals surface area contributed by atoms with E-state index in [1.54, 1.807) is 28.4 Å². The van der Waals surface area contributed by atoms with E-state index in [1.165, 1.54) is 23.4 Å². The Morgan fingerprint density at radius 3 is 2.96 bits per heavy atom. The van der Waals surface area contributed by atoms with Crippen molar-refractivity contribution in [3.8, 4) is 5.82 Å². The van der Waals surface area contributed by atoms with Gasteiger partial charge in [-0.3, -0.25) is 4.79 Å². The third-order valence-corrected chi connectivity index (χ3v) is 6.05. The zero-order chi connectivity index (χ0) is 18.6. The molecular formula is C20H23N5OS. The number of carbonyl (C=O) groups excluding carboxylic acids is 1. The molecule has 6 nitrogen and oxygen atoms in total. The van der Waals surface area contributed by atoms with Gasteiger partial charge in [-0.15, -0.1) is 11.3 Å². The molecule has 0 spiro atoms. The van der Waals surface area contributed by atoms with Crippen LogP contribution in [-0.2, 0) is 25.7 Å². The molecule has 0 aliphatic heterocycles. The van der Waals surface area contributed by atoms with Crippen LogP contribution >= 0.6 is 11.3 Å². The van der Waals surface area contributed by atoms with Crippen LogP contribution in [0.3, 0.4) is 0 Å². The van der Waals surface area contributed by atoms with E-state index in [0.29, 0.717) is 18.5 Å². The predicted molar refractivity (Wildman–Crippen MR) is 106 cm³/mol. The summed E-state index contributed by atoms with van der Waals surface area (Å²) in [5.74, 6) is 0.636. The number of aromatic nitrogens is 4. The van der Waals surface area contributed by atoms with Crippen molar-refractivity contribution in [2.24, 2.45) is 0 Å². The molecule has 3 heterocycles. The van der Waals surface area contributed by atoms with Gasteiger partial charge in [0.15, 0.2) is 5.82 Å². The SMILES string of the molecule is CCc1c(C(=O)NCCc2nc3c(s2)CCCC3)cnn1-c1ccccn1. The van der Waals surface area contributed by atoms with E-state index in [-0.39, 0.29) is 5.91 Å². The first-order chi connectivity index (χ1) is 13.3. The lowest BCUT2D eigenvalue weighted by Gasteiger charge is -2.07. The molecule has 0 saturated carbocycles. The van der Waals surface area contributed by atoms with E-state index in [9.17, 15) is 4.79 Å². The summed E-state index contributed by atoms with van der Waals surface area (Å²) in [6, 6.07) is 5.66. The molecule has 0 aromatic carbocycles. The predicted octanol–water partition coefficient (Wildman–Crippen LogP) is 3.14. The number of carbonyl (C=O) groups is 1. The summed E-state index contributed by atoms with van der Waals surface area (Å²) >= 11 is 1.80. The lowest BCUT2D eigenvalue weighted by atomic mass is 10.0. The fourth-order valence-corrected chi connectivity index (χ4v) is 4.63. The zero-order valence-electron chi connectivity index (χ0n) is 15.4. The van der Waals surface area contributed by atoms with Crippen molar-refractivity contribution in [2.75, 3.05) is 6.54 Å². The van der Waals surface area contributed by atoms with Gasteiger partial charge in [-0.1, -0.05) is 13.0 Å². The van der Waals surface area contributed by atoms with Gasteiger partial charge in [0, 0.05) is 24.0 Å². The molecule has 1 aliphatic carbocycles. The Morgan fingerprint density at radius 1 is 1.30 bits per heavy atom. The molecule has 7 heteroatoms. The number of aryl methyl sites for hydroxylation is 2. The molecule has 0 saturated heterocycles. The summed E-state index contributed by atoms with van der Waals surface area (Å²) in [5.41, 5.74) is 2.76. The minimum atomic E-state index is -0.0876. The average Bonchev–Trinajstić information content (AvgIpc) is 3.32. The molecule has 1 aliphatic rings. The molecular weight excluding hydrogens is 358 g/mol. The van der Waals surface area contributed by atoms with Gasteiger partial charge in [0.1, 0.15) is 0 Å². The fourth-order valence-electron chi connectivity index (χ4n) is 3.47. The number of nitrogens with zero attached hydrogens (tertiary/aromatic N) is 4. The Kier molecular flexibility index (Phi) is 5.29. The van der Waals surface area contributed by atoms with E-state index in [1.807, 2.05) is 25.1 Å². The summed E-state index contributed by atoms with van der Waals surface area (Å²) in [5, 5.41) is 8.52. The summed E-state index contributed by atoms with van der Waals surface area (Å²) in [6.07, 6.45) is 9.61. The van der Waals surface area contributed by atoms with Crippen molar-refractivity contribution >= 4 is 17.2 Å². The fraction of sp³-hybridized carbons (Fsp3) is 0.400. The molecule has 140 valence electrons. The van der Waals surface area contributed by atoms with Crippen LogP contribution in [0.2, 0.25) is 0 Å². The lowest BCUT2D eigenvalue weighted by molar-refractivity contribution is 0.0953. The van der Waals surface area contributed by atoms with Crippen LogP contribution in [0, 0.1) is 0 Å². The van der Waals surface area contributed by atoms with Crippen molar-refractivity contribution < 1.29 is 4.79 Å². The van der Waals surface area contributed by atoms with Crippen LogP contribution in [-0.4, -0.2) is 32.2 Å². The highest BCUT2D eigenvalue weighted by molar-refractivity contribution is 7.11. The smallest absolute Gasteiger partial charge is 0.254 e. The highest BCUT2D eigenvalue weighted by atomic mass is 32.1. The first kappa shape index (κ1) is 17.9. The molecule has 0 unspecified atom stereocenters. The van der Waals surface area contributed by atoms with Crippen molar-refractivity contribution in [1.29, 1.82) is 0 Å². The minimum absolute atomic E-state index is 0.0876. The molecule has 3 aromatic rings. The summed E-state index contributed by atoms with van der Waals surface area (Å²) in [6.45, 7) is 2.61. The number of pyridine rings is 1. The second-order valence-electron chi connectivity index (χ2n) is 6.65.